The first-order valence-electron chi connectivity index (χ1n) is 9.74. The van der Waals surface area contributed by atoms with E-state index in [9.17, 15) is 14.4 Å². The fraction of sp³-hybridized carbons (Fsp3) is 0.400. The number of aryl methyl sites for hydroxylation is 1. The van der Waals surface area contributed by atoms with Crippen molar-refractivity contribution in [3.8, 4) is 0 Å². The van der Waals surface area contributed by atoms with Gasteiger partial charge in [-0.25, -0.2) is 9.78 Å². The molecule has 1 aliphatic heterocycles. The Morgan fingerprint density at radius 3 is 2.97 bits per heavy atom. The minimum atomic E-state index is -0.367. The summed E-state index contributed by atoms with van der Waals surface area (Å²) >= 11 is 7.38. The molecule has 1 atom stereocenters. The molecule has 3 amide bonds. The molecule has 10 heteroatoms. The lowest BCUT2D eigenvalue weighted by molar-refractivity contribution is -0.145. The van der Waals surface area contributed by atoms with Gasteiger partial charge in [-0.3, -0.25) is 14.5 Å². The van der Waals surface area contributed by atoms with Crippen molar-refractivity contribution < 1.29 is 19.1 Å². The Morgan fingerprint density at radius 2 is 2.20 bits per heavy atom. The molecule has 0 saturated carbocycles. The number of hydrogen-bond donors (Lipinski definition) is 1. The molecule has 0 radical (unpaired) electrons. The molecule has 8 nitrogen and oxygen atoms in total. The zero-order chi connectivity index (χ0) is 21.3. The summed E-state index contributed by atoms with van der Waals surface area (Å²) in [6.07, 6.45) is 1.43. The number of ether oxygens (including phenoxy) is 1. The third-order valence-electron chi connectivity index (χ3n) is 5.08. The van der Waals surface area contributed by atoms with Gasteiger partial charge in [-0.05, 0) is 38.0 Å². The molecule has 4 rings (SSSR count). The van der Waals surface area contributed by atoms with Crippen molar-refractivity contribution >= 4 is 51.7 Å². The molecule has 2 aliphatic rings. The number of nitrogens with zero attached hydrogens (tertiary/aromatic N) is 3. The smallest absolute Gasteiger partial charge is 0.325 e. The second-order valence-electron chi connectivity index (χ2n) is 7.05. The summed E-state index contributed by atoms with van der Waals surface area (Å²) in [5, 5.41) is 3.75. The third-order valence-corrected chi connectivity index (χ3v) is 6.37. The molecule has 2 aromatic rings. The SMILES string of the molecule is CCOC(=O)C1CCc2sc(NC(=O)CN3CCN(c4cccc(Cl)c4)C3=O)nc21. The van der Waals surface area contributed by atoms with Gasteiger partial charge in [-0.2, -0.15) is 0 Å². The number of anilines is 2. The van der Waals surface area contributed by atoms with Gasteiger partial charge in [0.25, 0.3) is 0 Å². The summed E-state index contributed by atoms with van der Waals surface area (Å²) in [6, 6.07) is 6.82. The Kier molecular flexibility index (Phi) is 5.92. The number of rotatable bonds is 6. The first-order chi connectivity index (χ1) is 14.5. The van der Waals surface area contributed by atoms with Crippen LogP contribution >= 0.6 is 22.9 Å². The highest BCUT2D eigenvalue weighted by Crippen LogP contribution is 2.39. The van der Waals surface area contributed by atoms with Crippen LogP contribution in [0.1, 0.15) is 29.8 Å². The fourth-order valence-electron chi connectivity index (χ4n) is 3.70. The van der Waals surface area contributed by atoms with E-state index in [2.05, 4.69) is 10.3 Å². The quantitative estimate of drug-likeness (QED) is 0.685. The molecule has 1 aromatic carbocycles. The summed E-state index contributed by atoms with van der Waals surface area (Å²) in [6.45, 7) is 2.96. The molecule has 2 heterocycles. The van der Waals surface area contributed by atoms with E-state index in [1.165, 1.54) is 16.2 Å². The van der Waals surface area contributed by atoms with Crippen LogP contribution in [-0.2, 0) is 20.7 Å². The van der Waals surface area contributed by atoms with Crippen LogP contribution in [0.25, 0.3) is 0 Å². The van der Waals surface area contributed by atoms with Gasteiger partial charge in [0.05, 0.1) is 12.3 Å². The van der Waals surface area contributed by atoms with Crippen molar-refractivity contribution in [2.45, 2.75) is 25.7 Å². The maximum absolute atomic E-state index is 12.7. The first-order valence-corrected chi connectivity index (χ1v) is 10.9. The average Bonchev–Trinajstić information content (AvgIpc) is 3.37. The molecular weight excluding hydrogens is 428 g/mol. The van der Waals surface area contributed by atoms with Crippen LogP contribution in [0.2, 0.25) is 5.02 Å². The average molecular weight is 449 g/mol. The first kappa shape index (κ1) is 20.6. The number of carbonyl (C=O) groups excluding carboxylic acids is 3. The highest BCUT2D eigenvalue weighted by Gasteiger charge is 2.34. The van der Waals surface area contributed by atoms with E-state index in [1.807, 2.05) is 6.07 Å². The lowest BCUT2D eigenvalue weighted by Gasteiger charge is -2.18. The molecule has 158 valence electrons. The predicted molar refractivity (Wildman–Crippen MR) is 114 cm³/mol. The second kappa shape index (κ2) is 8.61. The van der Waals surface area contributed by atoms with E-state index in [1.54, 1.807) is 30.0 Å². The summed E-state index contributed by atoms with van der Waals surface area (Å²) in [4.78, 5) is 45.7. The van der Waals surface area contributed by atoms with Gasteiger partial charge in [-0.1, -0.05) is 17.7 Å². The van der Waals surface area contributed by atoms with E-state index in [0.29, 0.717) is 47.7 Å². The van der Waals surface area contributed by atoms with E-state index in [-0.39, 0.29) is 30.4 Å². The number of urea groups is 1. The van der Waals surface area contributed by atoms with Crippen LogP contribution in [0, 0.1) is 0 Å². The van der Waals surface area contributed by atoms with E-state index >= 15 is 0 Å². The number of benzene rings is 1. The number of carbonyl (C=O) groups is 3. The van der Waals surface area contributed by atoms with E-state index < -0.39 is 0 Å². The van der Waals surface area contributed by atoms with Gasteiger partial charge in [0.2, 0.25) is 5.91 Å². The standard InChI is InChI=1S/C20H21ClN4O4S/c1-2-29-18(27)14-6-7-15-17(14)23-19(30-15)22-16(26)11-24-8-9-25(20(24)28)13-5-3-4-12(21)10-13/h3-5,10,14H,2,6-9,11H2,1H3,(H,22,23,26). The van der Waals surface area contributed by atoms with E-state index in [0.717, 1.165) is 11.3 Å². The molecule has 0 bridgehead atoms. The monoisotopic (exact) mass is 448 g/mol. The number of fused-ring (bicyclic) bond motifs is 1. The van der Waals surface area contributed by atoms with Gasteiger partial charge in [0, 0.05) is 28.7 Å². The molecular formula is C20H21ClN4O4S. The summed E-state index contributed by atoms with van der Waals surface area (Å²) in [5.74, 6) is -0.965. The molecule has 30 heavy (non-hydrogen) atoms. The third kappa shape index (κ3) is 4.13. The topological polar surface area (TPSA) is 91.8 Å². The number of esters is 1. The molecule has 1 fully saturated rings. The van der Waals surface area contributed by atoms with Crippen molar-refractivity contribution in [2.75, 3.05) is 36.5 Å². The lowest BCUT2D eigenvalue weighted by atomic mass is 10.1. The Balaban J connectivity index is 1.36. The normalized spacial score (nSPS) is 17.9. The highest BCUT2D eigenvalue weighted by molar-refractivity contribution is 7.16. The van der Waals surface area contributed by atoms with Crippen LogP contribution in [0.5, 0.6) is 0 Å². The number of nitrogens with one attached hydrogen (secondary N) is 1. The Bertz CT molecular complexity index is 995. The minimum Gasteiger partial charge on any atom is -0.465 e. The van der Waals surface area contributed by atoms with Crippen molar-refractivity contribution in [3.05, 3.63) is 39.9 Å². The summed E-state index contributed by atoms with van der Waals surface area (Å²) in [5.41, 5.74) is 1.40. The number of hydrogen-bond acceptors (Lipinski definition) is 6. The van der Waals surface area contributed by atoms with Crippen LogP contribution in [0.4, 0.5) is 15.6 Å². The maximum Gasteiger partial charge on any atom is 0.325 e. The fourth-order valence-corrected chi connectivity index (χ4v) is 4.94. The van der Waals surface area contributed by atoms with Gasteiger partial charge >= 0.3 is 12.0 Å². The van der Waals surface area contributed by atoms with E-state index in [4.69, 9.17) is 16.3 Å². The largest absolute Gasteiger partial charge is 0.465 e. The van der Waals surface area contributed by atoms with Gasteiger partial charge < -0.3 is 15.0 Å². The molecule has 1 saturated heterocycles. The number of aromatic nitrogens is 1. The summed E-state index contributed by atoms with van der Waals surface area (Å²) in [7, 11) is 0. The molecule has 0 spiro atoms. The van der Waals surface area contributed by atoms with Gasteiger partial charge in [-0.15, -0.1) is 11.3 Å². The highest BCUT2D eigenvalue weighted by atomic mass is 35.5. The number of amides is 3. The number of thiazole rings is 1. The molecule has 1 N–H and O–H groups in total. The van der Waals surface area contributed by atoms with Crippen LogP contribution in [0.3, 0.4) is 0 Å². The molecule has 1 unspecified atom stereocenters. The molecule has 1 aromatic heterocycles. The number of halogens is 1. The van der Waals surface area contributed by atoms with Crippen LogP contribution < -0.4 is 10.2 Å². The Hall–Kier alpha value is -2.65. The van der Waals surface area contributed by atoms with Crippen LogP contribution in [-0.4, -0.2) is 54.0 Å². The molecule has 1 aliphatic carbocycles. The lowest BCUT2D eigenvalue weighted by Crippen LogP contribution is -2.37. The zero-order valence-electron chi connectivity index (χ0n) is 16.4. The zero-order valence-corrected chi connectivity index (χ0v) is 18.0. The maximum atomic E-state index is 12.7. The predicted octanol–water partition coefficient (Wildman–Crippen LogP) is 3.27. The Morgan fingerprint density at radius 1 is 1.37 bits per heavy atom. The van der Waals surface area contributed by atoms with Gasteiger partial charge in [0.15, 0.2) is 5.13 Å². The minimum absolute atomic E-state index is 0.0680. The Labute approximate surface area is 182 Å². The summed E-state index contributed by atoms with van der Waals surface area (Å²) < 4.78 is 5.11. The van der Waals surface area contributed by atoms with Crippen molar-refractivity contribution in [3.63, 3.8) is 0 Å². The second-order valence-corrected chi connectivity index (χ2v) is 8.57. The van der Waals surface area contributed by atoms with Crippen LogP contribution in [0.15, 0.2) is 24.3 Å². The van der Waals surface area contributed by atoms with Crippen molar-refractivity contribution in [1.82, 2.24) is 9.88 Å². The van der Waals surface area contributed by atoms with Crippen molar-refractivity contribution in [1.29, 1.82) is 0 Å². The van der Waals surface area contributed by atoms with Gasteiger partial charge in [0.1, 0.15) is 12.5 Å². The van der Waals surface area contributed by atoms with Crippen molar-refractivity contribution in [2.24, 2.45) is 0 Å².